The Labute approximate surface area is 192 Å². The van der Waals surface area contributed by atoms with Gasteiger partial charge >= 0.3 is 0 Å². The highest BCUT2D eigenvalue weighted by Gasteiger charge is 2.80. The van der Waals surface area contributed by atoms with E-state index in [-0.39, 0.29) is 30.4 Å². The van der Waals surface area contributed by atoms with Gasteiger partial charge in [-0.25, -0.2) is 0 Å². The topological polar surface area (TPSA) is 77.1 Å². The SMILES string of the molecule is CN1C(=O)[C@@]2(COCc3ccccc3)[C@@H]3C[C@H]4O[C@@H](C3)[C@@]3(C(=O)Nc5ccccc53)[C@@H]2[C@@H]1O4. The first-order valence-corrected chi connectivity index (χ1v) is 11.7. The second-order valence-corrected chi connectivity index (χ2v) is 10.0. The van der Waals surface area contributed by atoms with Crippen LogP contribution in [0.2, 0.25) is 0 Å². The number of ether oxygens (including phenoxy) is 3. The summed E-state index contributed by atoms with van der Waals surface area (Å²) >= 11 is 0. The third-order valence-electron chi connectivity index (χ3n) is 8.70. The fourth-order valence-electron chi connectivity index (χ4n) is 7.43. The van der Waals surface area contributed by atoms with Gasteiger partial charge in [0.1, 0.15) is 11.6 Å². The van der Waals surface area contributed by atoms with E-state index in [1.807, 2.05) is 54.6 Å². The van der Waals surface area contributed by atoms with Crippen LogP contribution < -0.4 is 5.32 Å². The fraction of sp³-hybridized carbons (Fsp3) is 0.462. The molecular formula is C26H26N2O5. The summed E-state index contributed by atoms with van der Waals surface area (Å²) in [5, 5.41) is 3.10. The summed E-state index contributed by atoms with van der Waals surface area (Å²) in [6, 6.07) is 17.8. The molecule has 2 aromatic rings. The maximum atomic E-state index is 14.0. The van der Waals surface area contributed by atoms with E-state index in [1.54, 1.807) is 11.9 Å². The van der Waals surface area contributed by atoms with Crippen molar-refractivity contribution in [3.05, 3.63) is 65.7 Å². The average Bonchev–Trinajstić information content (AvgIpc) is 3.15. The highest BCUT2D eigenvalue weighted by atomic mass is 16.7. The van der Waals surface area contributed by atoms with Crippen LogP contribution in [0, 0.1) is 17.3 Å². The van der Waals surface area contributed by atoms with Crippen molar-refractivity contribution in [2.45, 2.75) is 43.5 Å². The van der Waals surface area contributed by atoms with Crippen molar-refractivity contribution >= 4 is 17.5 Å². The molecule has 7 heteroatoms. The van der Waals surface area contributed by atoms with Gasteiger partial charge in [0.15, 0.2) is 6.29 Å². The van der Waals surface area contributed by atoms with E-state index in [0.717, 1.165) is 16.8 Å². The Balaban J connectivity index is 1.38. The van der Waals surface area contributed by atoms with E-state index in [2.05, 4.69) is 5.32 Å². The number of amides is 2. The zero-order chi connectivity index (χ0) is 22.4. The molecule has 1 aliphatic carbocycles. The molecule has 4 saturated heterocycles. The lowest BCUT2D eigenvalue weighted by atomic mass is 9.48. The van der Waals surface area contributed by atoms with Crippen LogP contribution in [-0.2, 0) is 35.8 Å². The summed E-state index contributed by atoms with van der Waals surface area (Å²) in [6.45, 7) is 0.681. The molecule has 6 aliphatic rings. The number of likely N-dealkylation sites (tertiary alicyclic amines) is 1. The molecule has 1 N–H and O–H groups in total. The summed E-state index contributed by atoms with van der Waals surface area (Å²) in [6.07, 6.45) is 0.000167. The Hall–Kier alpha value is -2.74. The maximum absolute atomic E-state index is 14.0. The molecule has 1 saturated carbocycles. The third-order valence-corrected chi connectivity index (χ3v) is 8.70. The summed E-state index contributed by atoms with van der Waals surface area (Å²) in [5.74, 6) is -0.427. The van der Waals surface area contributed by atoms with Gasteiger partial charge in [-0.15, -0.1) is 0 Å². The zero-order valence-electron chi connectivity index (χ0n) is 18.4. The molecule has 6 bridgehead atoms. The molecule has 0 unspecified atom stereocenters. The van der Waals surface area contributed by atoms with Crippen LogP contribution in [0.1, 0.15) is 24.0 Å². The second kappa shape index (κ2) is 6.65. The van der Waals surface area contributed by atoms with Gasteiger partial charge in [0, 0.05) is 25.1 Å². The van der Waals surface area contributed by atoms with Crippen molar-refractivity contribution in [1.29, 1.82) is 0 Å². The van der Waals surface area contributed by atoms with Crippen molar-refractivity contribution in [1.82, 2.24) is 4.90 Å². The van der Waals surface area contributed by atoms with Crippen molar-refractivity contribution in [2.24, 2.45) is 17.3 Å². The second-order valence-electron chi connectivity index (χ2n) is 10.0. The van der Waals surface area contributed by atoms with Crippen LogP contribution in [0.25, 0.3) is 0 Å². The highest BCUT2D eigenvalue weighted by molar-refractivity contribution is 6.08. The lowest BCUT2D eigenvalue weighted by Gasteiger charge is -2.55. The number of rotatable bonds is 4. The number of nitrogens with one attached hydrogen (secondary N) is 1. The van der Waals surface area contributed by atoms with Crippen LogP contribution in [-0.4, -0.2) is 49.0 Å². The van der Waals surface area contributed by atoms with E-state index in [4.69, 9.17) is 14.2 Å². The van der Waals surface area contributed by atoms with Gasteiger partial charge in [-0.05, 0) is 29.5 Å². The molecule has 0 radical (unpaired) electrons. The Morgan fingerprint density at radius 2 is 1.85 bits per heavy atom. The Morgan fingerprint density at radius 3 is 2.70 bits per heavy atom. The van der Waals surface area contributed by atoms with Gasteiger partial charge in [-0.3, -0.25) is 9.59 Å². The Kier molecular flexibility index (Phi) is 3.97. The van der Waals surface area contributed by atoms with Crippen LogP contribution in [0.4, 0.5) is 5.69 Å². The van der Waals surface area contributed by atoms with E-state index < -0.39 is 29.3 Å². The van der Waals surface area contributed by atoms with Crippen LogP contribution in [0.15, 0.2) is 54.6 Å². The fourth-order valence-corrected chi connectivity index (χ4v) is 7.43. The van der Waals surface area contributed by atoms with Crippen molar-refractivity contribution in [3.8, 4) is 0 Å². The van der Waals surface area contributed by atoms with Gasteiger partial charge in [0.25, 0.3) is 0 Å². The molecule has 7 atom stereocenters. The number of benzene rings is 2. The molecular weight excluding hydrogens is 420 g/mol. The van der Waals surface area contributed by atoms with Crippen LogP contribution in [0.3, 0.4) is 0 Å². The smallest absolute Gasteiger partial charge is 0.238 e. The molecule has 170 valence electrons. The van der Waals surface area contributed by atoms with Gasteiger partial charge in [-0.2, -0.15) is 0 Å². The number of carbonyl (C=O) groups excluding carboxylic acids is 2. The summed E-state index contributed by atoms with van der Waals surface area (Å²) in [7, 11) is 1.79. The first kappa shape index (κ1) is 19.7. The number of nitrogens with zero attached hydrogens (tertiary/aromatic N) is 1. The van der Waals surface area contributed by atoms with Gasteiger partial charge in [-0.1, -0.05) is 48.5 Å². The number of hydrogen-bond acceptors (Lipinski definition) is 5. The minimum absolute atomic E-state index is 0.0194. The molecule has 5 heterocycles. The number of carbonyl (C=O) groups is 2. The quantitative estimate of drug-likeness (QED) is 0.782. The minimum atomic E-state index is -0.983. The number of para-hydroxylation sites is 1. The predicted octanol–water partition coefficient (Wildman–Crippen LogP) is 2.66. The van der Waals surface area contributed by atoms with Crippen LogP contribution >= 0.6 is 0 Å². The molecule has 2 amide bonds. The molecule has 5 aliphatic heterocycles. The predicted molar refractivity (Wildman–Crippen MR) is 118 cm³/mol. The van der Waals surface area contributed by atoms with Gasteiger partial charge in [0.2, 0.25) is 11.8 Å². The van der Waals surface area contributed by atoms with E-state index in [9.17, 15) is 9.59 Å². The third kappa shape index (κ3) is 2.30. The summed E-state index contributed by atoms with van der Waals surface area (Å²) in [4.78, 5) is 29.5. The molecule has 0 aromatic heterocycles. The number of anilines is 1. The first-order chi connectivity index (χ1) is 16.1. The van der Waals surface area contributed by atoms with Crippen molar-refractivity contribution in [3.63, 3.8) is 0 Å². The van der Waals surface area contributed by atoms with E-state index >= 15 is 0 Å². The lowest BCUT2D eigenvalue weighted by Crippen LogP contribution is -2.67. The molecule has 7 nitrogen and oxygen atoms in total. The normalized spacial score (nSPS) is 39.8. The number of fused-ring (bicyclic) bond motifs is 1. The highest BCUT2D eigenvalue weighted by Crippen LogP contribution is 2.68. The van der Waals surface area contributed by atoms with Crippen molar-refractivity contribution in [2.75, 3.05) is 19.0 Å². The molecule has 8 rings (SSSR count). The summed E-state index contributed by atoms with van der Waals surface area (Å²) < 4.78 is 19.1. The monoisotopic (exact) mass is 446 g/mol. The van der Waals surface area contributed by atoms with Gasteiger partial charge in [0.05, 0.1) is 24.7 Å². The van der Waals surface area contributed by atoms with Crippen molar-refractivity contribution < 1.29 is 23.8 Å². The molecule has 1 spiro atoms. The Morgan fingerprint density at radius 1 is 1.06 bits per heavy atom. The largest absolute Gasteiger partial charge is 0.376 e. The average molecular weight is 447 g/mol. The van der Waals surface area contributed by atoms with Crippen LogP contribution in [0.5, 0.6) is 0 Å². The number of hydrogen-bond donors (Lipinski definition) is 1. The van der Waals surface area contributed by atoms with E-state index in [1.165, 1.54) is 0 Å². The molecule has 33 heavy (non-hydrogen) atoms. The standard InChI is InChI=1S/C26H26N2O5/c1-28-22-21-25(24(28)30,14-31-13-15-7-3-2-4-8-15)16-11-19(32-20(12-16)33-22)26(21)17-9-5-6-10-18(17)27-23(26)29/h2-10,16,19-22H,11-14H2,1H3,(H,27,29)/t16-,19-,20-,21+,22-,25-,26+/m0/s1. The minimum Gasteiger partial charge on any atom is -0.376 e. The van der Waals surface area contributed by atoms with Gasteiger partial charge < -0.3 is 24.4 Å². The Bertz CT molecular complexity index is 1150. The zero-order valence-corrected chi connectivity index (χ0v) is 18.4. The lowest BCUT2D eigenvalue weighted by molar-refractivity contribution is -0.241. The summed E-state index contributed by atoms with van der Waals surface area (Å²) in [5.41, 5.74) is 0.953. The molecule has 2 aromatic carbocycles. The molecule has 5 fully saturated rings. The maximum Gasteiger partial charge on any atom is 0.238 e. The first-order valence-electron chi connectivity index (χ1n) is 11.7. The van der Waals surface area contributed by atoms with E-state index in [0.29, 0.717) is 19.4 Å².